The quantitative estimate of drug-likeness (QED) is 0.710. The van der Waals surface area contributed by atoms with Gasteiger partial charge in [0, 0.05) is 28.5 Å². The molecule has 2 nitrogen and oxygen atoms in total. The summed E-state index contributed by atoms with van der Waals surface area (Å²) >= 11 is 12.6. The third-order valence-corrected chi connectivity index (χ3v) is 5.20. The van der Waals surface area contributed by atoms with E-state index in [0.29, 0.717) is 28.5 Å². The van der Waals surface area contributed by atoms with Gasteiger partial charge in [0.05, 0.1) is 5.57 Å². The van der Waals surface area contributed by atoms with E-state index in [1.165, 1.54) is 0 Å². The Labute approximate surface area is 151 Å². The van der Waals surface area contributed by atoms with Crippen LogP contribution in [0.3, 0.4) is 0 Å². The van der Waals surface area contributed by atoms with Crippen LogP contribution in [0, 0.1) is 6.92 Å². The highest BCUT2D eigenvalue weighted by atomic mass is 35.5. The molecule has 0 heterocycles. The number of rotatable bonds is 3. The Morgan fingerprint density at radius 3 is 2.42 bits per heavy atom. The van der Waals surface area contributed by atoms with Crippen molar-refractivity contribution in [2.45, 2.75) is 33.1 Å². The van der Waals surface area contributed by atoms with Gasteiger partial charge in [0.25, 0.3) is 0 Å². The van der Waals surface area contributed by atoms with Crippen LogP contribution in [-0.2, 0) is 11.2 Å². The number of ketones is 1. The number of hydrogen-bond acceptors (Lipinski definition) is 2. The molecular formula is C20H18Cl2O2. The first kappa shape index (κ1) is 17.1. The molecule has 0 saturated heterocycles. The van der Waals surface area contributed by atoms with Crippen molar-refractivity contribution >= 4 is 34.6 Å². The lowest BCUT2D eigenvalue weighted by molar-refractivity contribution is -0.113. The van der Waals surface area contributed by atoms with Gasteiger partial charge in [-0.05, 0) is 53.8 Å². The number of aliphatic hydroxyl groups is 1. The highest BCUT2D eigenvalue weighted by Gasteiger charge is 2.26. The normalized spacial score (nSPS) is 14.6. The fourth-order valence-electron chi connectivity index (χ4n) is 3.10. The predicted octanol–water partition coefficient (Wildman–Crippen LogP) is 6.16. The average Bonchev–Trinajstić information content (AvgIpc) is 2.89. The van der Waals surface area contributed by atoms with E-state index in [2.05, 4.69) is 0 Å². The van der Waals surface area contributed by atoms with Crippen molar-refractivity contribution in [3.05, 3.63) is 62.8 Å². The monoisotopic (exact) mass is 360 g/mol. The third-order valence-electron chi connectivity index (χ3n) is 4.48. The second kappa shape index (κ2) is 6.62. The molecular weight excluding hydrogens is 343 g/mol. The summed E-state index contributed by atoms with van der Waals surface area (Å²) in [4.78, 5) is 12.2. The van der Waals surface area contributed by atoms with Gasteiger partial charge < -0.3 is 5.11 Å². The second-order valence-corrected chi connectivity index (χ2v) is 6.87. The molecule has 3 rings (SSSR count). The summed E-state index contributed by atoms with van der Waals surface area (Å²) in [6.07, 6.45) is 1.56. The number of allylic oxidation sites excluding steroid dienone is 2. The lowest BCUT2D eigenvalue weighted by Gasteiger charge is -2.13. The van der Waals surface area contributed by atoms with Crippen LogP contribution >= 0.6 is 23.2 Å². The summed E-state index contributed by atoms with van der Waals surface area (Å²) < 4.78 is 0. The number of aliphatic hydroxyl groups excluding tert-OH is 1. The number of carbonyl (C=O) groups excluding carboxylic acids is 1. The molecule has 0 saturated carbocycles. The molecule has 24 heavy (non-hydrogen) atoms. The van der Waals surface area contributed by atoms with Gasteiger partial charge >= 0.3 is 0 Å². The molecule has 2 aromatic rings. The minimum Gasteiger partial charge on any atom is -0.512 e. The maximum atomic E-state index is 12.2. The van der Waals surface area contributed by atoms with Gasteiger partial charge in [-0.2, -0.15) is 0 Å². The van der Waals surface area contributed by atoms with Gasteiger partial charge in [0.15, 0.2) is 5.78 Å². The molecule has 0 fully saturated rings. The molecule has 0 aromatic heterocycles. The smallest absolute Gasteiger partial charge is 0.167 e. The minimum atomic E-state index is -0.00705. The van der Waals surface area contributed by atoms with Gasteiger partial charge in [-0.3, -0.25) is 4.79 Å². The molecule has 2 aromatic carbocycles. The maximum absolute atomic E-state index is 12.2. The first-order chi connectivity index (χ1) is 11.4. The standard InChI is InChI=1S/C20H18Cl2O2/c1-3-12-4-5-13(14-10-16(21)11(2)8-17(14)22)9-15(12)20-18(23)6-7-19(20)24/h4-5,8-10,23H,3,6-7H2,1-2H3. The van der Waals surface area contributed by atoms with E-state index < -0.39 is 0 Å². The third kappa shape index (κ3) is 2.97. The molecule has 0 amide bonds. The summed E-state index contributed by atoms with van der Waals surface area (Å²) in [6, 6.07) is 9.58. The molecule has 0 atom stereocenters. The van der Waals surface area contributed by atoms with Crippen molar-refractivity contribution in [3.8, 4) is 11.1 Å². The van der Waals surface area contributed by atoms with Gasteiger partial charge in [-0.25, -0.2) is 0 Å². The number of benzene rings is 2. The van der Waals surface area contributed by atoms with E-state index in [0.717, 1.165) is 34.2 Å². The van der Waals surface area contributed by atoms with Crippen LogP contribution in [0.25, 0.3) is 16.7 Å². The number of halogens is 2. The minimum absolute atomic E-state index is 0.00705. The second-order valence-electron chi connectivity index (χ2n) is 6.05. The van der Waals surface area contributed by atoms with Crippen molar-refractivity contribution < 1.29 is 9.90 Å². The number of Topliss-reactive ketones (excluding diaryl/α,β-unsaturated/α-hetero) is 1. The molecule has 0 unspecified atom stereocenters. The summed E-state index contributed by atoms with van der Waals surface area (Å²) in [5, 5.41) is 11.4. The van der Waals surface area contributed by atoms with Crippen LogP contribution in [0.2, 0.25) is 10.0 Å². The number of hydrogen-bond donors (Lipinski definition) is 1. The zero-order chi connectivity index (χ0) is 17.4. The Kier molecular flexibility index (Phi) is 4.71. The fraction of sp³-hybridized carbons (Fsp3) is 0.250. The molecule has 0 aliphatic heterocycles. The van der Waals surface area contributed by atoms with Crippen LogP contribution in [0.1, 0.15) is 36.5 Å². The van der Waals surface area contributed by atoms with E-state index >= 15 is 0 Å². The number of carbonyl (C=O) groups is 1. The molecule has 0 bridgehead atoms. The highest BCUT2D eigenvalue weighted by molar-refractivity contribution is 6.36. The maximum Gasteiger partial charge on any atom is 0.167 e. The van der Waals surface area contributed by atoms with E-state index in [9.17, 15) is 9.90 Å². The lowest BCUT2D eigenvalue weighted by Crippen LogP contribution is -2.01. The van der Waals surface area contributed by atoms with Gasteiger partial charge in [0.1, 0.15) is 5.76 Å². The van der Waals surface area contributed by atoms with Crippen LogP contribution < -0.4 is 0 Å². The van der Waals surface area contributed by atoms with E-state index in [-0.39, 0.29) is 11.5 Å². The largest absolute Gasteiger partial charge is 0.512 e. The lowest BCUT2D eigenvalue weighted by atomic mass is 9.92. The molecule has 1 aliphatic rings. The predicted molar refractivity (Wildman–Crippen MR) is 99.8 cm³/mol. The molecule has 124 valence electrons. The van der Waals surface area contributed by atoms with Crippen LogP contribution in [-0.4, -0.2) is 10.9 Å². The zero-order valence-electron chi connectivity index (χ0n) is 13.6. The SMILES string of the molecule is CCc1ccc(-c2cc(Cl)c(C)cc2Cl)cc1C1=C(O)CCC1=O. The van der Waals surface area contributed by atoms with Gasteiger partial charge in [-0.15, -0.1) is 0 Å². The summed E-state index contributed by atoms with van der Waals surface area (Å²) in [6.45, 7) is 3.94. The topological polar surface area (TPSA) is 37.3 Å². The molecule has 1 aliphatic carbocycles. The zero-order valence-corrected chi connectivity index (χ0v) is 15.1. The van der Waals surface area contributed by atoms with E-state index in [4.69, 9.17) is 23.2 Å². The van der Waals surface area contributed by atoms with Gasteiger partial charge in [0.2, 0.25) is 0 Å². The van der Waals surface area contributed by atoms with E-state index in [1.54, 1.807) is 0 Å². The van der Waals surface area contributed by atoms with Crippen molar-refractivity contribution in [2.24, 2.45) is 0 Å². The molecule has 1 N–H and O–H groups in total. The average molecular weight is 361 g/mol. The summed E-state index contributed by atoms with van der Waals surface area (Å²) in [5.41, 5.74) is 4.90. The summed E-state index contributed by atoms with van der Waals surface area (Å²) in [7, 11) is 0. The number of aryl methyl sites for hydroxylation is 2. The first-order valence-electron chi connectivity index (χ1n) is 7.97. The Morgan fingerprint density at radius 2 is 1.79 bits per heavy atom. The van der Waals surface area contributed by atoms with Crippen molar-refractivity contribution in [3.63, 3.8) is 0 Å². The van der Waals surface area contributed by atoms with Crippen molar-refractivity contribution in [2.75, 3.05) is 0 Å². The Balaban J connectivity index is 2.20. The molecule has 0 spiro atoms. The fourth-order valence-corrected chi connectivity index (χ4v) is 3.59. The summed E-state index contributed by atoms with van der Waals surface area (Å²) in [5.74, 6) is 0.173. The Bertz CT molecular complexity index is 866. The Hall–Kier alpha value is -1.77. The van der Waals surface area contributed by atoms with Gasteiger partial charge in [-0.1, -0.05) is 42.3 Å². The molecule has 4 heteroatoms. The first-order valence-corrected chi connectivity index (χ1v) is 8.72. The van der Waals surface area contributed by atoms with Crippen LogP contribution in [0.5, 0.6) is 0 Å². The van der Waals surface area contributed by atoms with Crippen LogP contribution in [0.4, 0.5) is 0 Å². The van der Waals surface area contributed by atoms with Crippen LogP contribution in [0.15, 0.2) is 36.1 Å². The molecule has 0 radical (unpaired) electrons. The van der Waals surface area contributed by atoms with Crippen molar-refractivity contribution in [1.82, 2.24) is 0 Å². The van der Waals surface area contributed by atoms with Crippen molar-refractivity contribution in [1.29, 1.82) is 0 Å². The highest BCUT2D eigenvalue weighted by Crippen LogP contribution is 2.37. The Morgan fingerprint density at radius 1 is 1.04 bits per heavy atom. The van der Waals surface area contributed by atoms with E-state index in [1.807, 2.05) is 44.2 Å².